The number of pyridine rings is 1. The molecule has 0 aliphatic carbocycles. The molecule has 1 heterocycles. The van der Waals surface area contributed by atoms with Crippen molar-refractivity contribution < 1.29 is 15.0 Å². The van der Waals surface area contributed by atoms with Crippen molar-refractivity contribution >= 4 is 28.2 Å². The molecule has 0 fully saturated rings. The van der Waals surface area contributed by atoms with Crippen LogP contribution in [0.25, 0.3) is 21.3 Å². The Bertz CT molecular complexity index is 1200. The number of nitrogens with one attached hydrogen (secondary N) is 1. The van der Waals surface area contributed by atoms with Crippen LogP contribution >= 0.6 is 0 Å². The van der Waals surface area contributed by atoms with E-state index in [2.05, 4.69) is 39.1 Å². The number of phenols is 1. The minimum Gasteiger partial charge on any atom is -0.507 e. The maximum absolute atomic E-state index is 12.9. The summed E-state index contributed by atoms with van der Waals surface area (Å²) in [4.78, 5) is 22.3. The molecule has 0 aliphatic rings. The number of azide groups is 1. The predicted molar refractivity (Wildman–Crippen MR) is 138 cm³/mol. The van der Waals surface area contributed by atoms with Gasteiger partial charge in [0.15, 0.2) is 0 Å². The first-order valence-corrected chi connectivity index (χ1v) is 12.0. The van der Waals surface area contributed by atoms with Crippen molar-refractivity contribution in [1.82, 2.24) is 9.88 Å². The standard InChI is InChI=1S/C26H32N6O3/c1-3-5-14-32(15-6-4-2)17-24(34)19-12-13-28-25-20(19)8-7-9-22(25)29-26(35)21-11-10-18(30-31-27)16-23(21)33/h7-13,16,24,33-34H,3-6,14-15,17H2,1-2H3,(H,29,35). The maximum atomic E-state index is 12.9. The van der Waals surface area contributed by atoms with Crippen LogP contribution in [-0.2, 0) is 0 Å². The molecule has 3 aromatic rings. The fourth-order valence-corrected chi connectivity index (χ4v) is 4.01. The van der Waals surface area contributed by atoms with Crippen molar-refractivity contribution in [3.05, 3.63) is 70.2 Å². The van der Waals surface area contributed by atoms with Gasteiger partial charge in [0.05, 0.1) is 22.9 Å². The molecule has 0 saturated heterocycles. The van der Waals surface area contributed by atoms with E-state index in [1.54, 1.807) is 18.3 Å². The van der Waals surface area contributed by atoms with Gasteiger partial charge in [-0.1, -0.05) is 50.0 Å². The molecular formula is C26H32N6O3. The zero-order chi connectivity index (χ0) is 25.2. The Hall–Kier alpha value is -3.65. The van der Waals surface area contributed by atoms with Crippen molar-refractivity contribution in [3.63, 3.8) is 0 Å². The molecule has 1 aromatic heterocycles. The number of aliphatic hydroxyl groups is 1. The van der Waals surface area contributed by atoms with E-state index in [1.165, 1.54) is 18.2 Å². The first-order valence-electron chi connectivity index (χ1n) is 12.0. The minimum atomic E-state index is -0.697. The molecular weight excluding hydrogens is 444 g/mol. The van der Waals surface area contributed by atoms with Gasteiger partial charge in [-0.2, -0.15) is 0 Å². The Morgan fingerprint density at radius 3 is 2.57 bits per heavy atom. The lowest BCUT2D eigenvalue weighted by Crippen LogP contribution is -2.30. The van der Waals surface area contributed by atoms with E-state index in [4.69, 9.17) is 5.53 Å². The Morgan fingerprint density at radius 1 is 1.17 bits per heavy atom. The van der Waals surface area contributed by atoms with E-state index >= 15 is 0 Å². The van der Waals surface area contributed by atoms with E-state index in [1.807, 2.05) is 12.1 Å². The third kappa shape index (κ3) is 6.70. The number of amides is 1. The van der Waals surface area contributed by atoms with Crippen LogP contribution in [0.15, 0.2) is 53.8 Å². The lowest BCUT2D eigenvalue weighted by Gasteiger charge is -2.25. The number of fused-ring (bicyclic) bond motifs is 1. The van der Waals surface area contributed by atoms with Gasteiger partial charge in [0, 0.05) is 28.7 Å². The predicted octanol–water partition coefficient (Wildman–Crippen LogP) is 6.07. The maximum Gasteiger partial charge on any atom is 0.259 e. The summed E-state index contributed by atoms with van der Waals surface area (Å²) in [7, 11) is 0. The second-order valence-corrected chi connectivity index (χ2v) is 8.47. The van der Waals surface area contributed by atoms with Gasteiger partial charge in [-0.05, 0) is 61.3 Å². The summed E-state index contributed by atoms with van der Waals surface area (Å²) < 4.78 is 0. The third-order valence-electron chi connectivity index (χ3n) is 5.89. The molecule has 9 heteroatoms. The van der Waals surface area contributed by atoms with Crippen LogP contribution in [0.4, 0.5) is 11.4 Å². The summed E-state index contributed by atoms with van der Waals surface area (Å²) >= 11 is 0. The van der Waals surface area contributed by atoms with Crippen LogP contribution in [0, 0.1) is 0 Å². The smallest absolute Gasteiger partial charge is 0.259 e. The highest BCUT2D eigenvalue weighted by Gasteiger charge is 2.18. The number of aromatic nitrogens is 1. The number of aromatic hydroxyl groups is 1. The molecule has 0 aliphatic heterocycles. The van der Waals surface area contributed by atoms with Crippen LogP contribution in [0.5, 0.6) is 5.75 Å². The van der Waals surface area contributed by atoms with Crippen molar-refractivity contribution in [3.8, 4) is 5.75 Å². The lowest BCUT2D eigenvalue weighted by molar-refractivity contribution is 0.102. The highest BCUT2D eigenvalue weighted by atomic mass is 16.3. The van der Waals surface area contributed by atoms with Crippen molar-refractivity contribution in [1.29, 1.82) is 0 Å². The van der Waals surface area contributed by atoms with Crippen LogP contribution in [0.3, 0.4) is 0 Å². The van der Waals surface area contributed by atoms with Crippen LogP contribution in [-0.4, -0.2) is 45.6 Å². The summed E-state index contributed by atoms with van der Waals surface area (Å²) in [5.74, 6) is -0.823. The molecule has 3 rings (SSSR count). The number of phenolic OH excluding ortho intramolecular Hbond substituents is 1. The summed E-state index contributed by atoms with van der Waals surface area (Å²) in [6.07, 6.45) is 5.30. The Morgan fingerprint density at radius 2 is 1.91 bits per heavy atom. The van der Waals surface area contributed by atoms with Gasteiger partial charge in [0.1, 0.15) is 5.75 Å². The Balaban J connectivity index is 1.85. The fourth-order valence-electron chi connectivity index (χ4n) is 4.01. The Kier molecular flexibility index (Phi) is 9.43. The first-order chi connectivity index (χ1) is 17.0. The highest BCUT2D eigenvalue weighted by molar-refractivity contribution is 6.10. The normalized spacial score (nSPS) is 11.9. The van der Waals surface area contributed by atoms with E-state index < -0.39 is 12.0 Å². The first kappa shape index (κ1) is 26.0. The zero-order valence-corrected chi connectivity index (χ0v) is 20.2. The second-order valence-electron chi connectivity index (χ2n) is 8.47. The molecule has 0 bridgehead atoms. The molecule has 1 atom stereocenters. The molecule has 2 aromatic carbocycles. The van der Waals surface area contributed by atoms with E-state index in [0.29, 0.717) is 17.7 Å². The number of nitrogens with zero attached hydrogens (tertiary/aromatic N) is 5. The Labute approximate surface area is 205 Å². The van der Waals surface area contributed by atoms with Crippen LogP contribution in [0.1, 0.15) is 61.6 Å². The monoisotopic (exact) mass is 476 g/mol. The summed E-state index contributed by atoms with van der Waals surface area (Å²) in [6.45, 7) is 6.74. The van der Waals surface area contributed by atoms with Crippen LogP contribution in [0.2, 0.25) is 0 Å². The van der Waals surface area contributed by atoms with E-state index in [-0.39, 0.29) is 17.0 Å². The van der Waals surface area contributed by atoms with Crippen LogP contribution < -0.4 is 5.32 Å². The van der Waals surface area contributed by atoms with Gasteiger partial charge in [-0.3, -0.25) is 9.78 Å². The number of hydrogen-bond acceptors (Lipinski definition) is 6. The number of rotatable bonds is 12. The second kappa shape index (κ2) is 12.7. The summed E-state index contributed by atoms with van der Waals surface area (Å²) in [5.41, 5.74) is 10.6. The number of hydrogen-bond donors (Lipinski definition) is 3. The van der Waals surface area contributed by atoms with Gasteiger partial charge in [0.2, 0.25) is 0 Å². The van der Waals surface area contributed by atoms with Gasteiger partial charge in [-0.15, -0.1) is 0 Å². The molecule has 35 heavy (non-hydrogen) atoms. The number of unbranched alkanes of at least 4 members (excludes halogenated alkanes) is 2. The third-order valence-corrected chi connectivity index (χ3v) is 5.89. The number of carbonyl (C=O) groups is 1. The van der Waals surface area contributed by atoms with E-state index in [0.717, 1.165) is 49.7 Å². The zero-order valence-electron chi connectivity index (χ0n) is 20.2. The lowest BCUT2D eigenvalue weighted by atomic mass is 10.0. The van der Waals surface area contributed by atoms with Gasteiger partial charge in [-0.25, -0.2) is 0 Å². The molecule has 1 amide bonds. The molecule has 0 radical (unpaired) electrons. The molecule has 1 unspecified atom stereocenters. The fraction of sp³-hybridized carbons (Fsp3) is 0.385. The largest absolute Gasteiger partial charge is 0.507 e. The van der Waals surface area contributed by atoms with Gasteiger partial charge in [0.25, 0.3) is 5.91 Å². The summed E-state index contributed by atoms with van der Waals surface area (Å²) in [6, 6.07) is 11.3. The van der Waals surface area contributed by atoms with Crippen molar-refractivity contribution in [2.24, 2.45) is 5.11 Å². The van der Waals surface area contributed by atoms with Crippen molar-refractivity contribution in [2.45, 2.75) is 45.6 Å². The SMILES string of the molecule is CCCCN(CCCC)CC(O)c1ccnc2c(NC(=O)c3ccc(N=[N+]=[N-])cc3O)cccc12. The molecule has 0 spiro atoms. The number of benzene rings is 2. The topological polar surface area (TPSA) is 134 Å². The highest BCUT2D eigenvalue weighted by Crippen LogP contribution is 2.30. The number of para-hydroxylation sites is 1. The minimum absolute atomic E-state index is 0.0394. The molecule has 0 saturated carbocycles. The van der Waals surface area contributed by atoms with Gasteiger partial charge >= 0.3 is 0 Å². The quantitative estimate of drug-likeness (QED) is 0.166. The molecule has 184 valence electrons. The van der Waals surface area contributed by atoms with Gasteiger partial charge < -0.3 is 20.4 Å². The number of anilines is 1. The van der Waals surface area contributed by atoms with E-state index in [9.17, 15) is 15.0 Å². The average Bonchev–Trinajstić information content (AvgIpc) is 2.85. The molecule has 3 N–H and O–H groups in total. The molecule has 9 nitrogen and oxygen atoms in total. The number of carbonyl (C=O) groups excluding carboxylic acids is 1. The summed E-state index contributed by atoms with van der Waals surface area (Å²) in [5, 5.41) is 28.3. The average molecular weight is 477 g/mol. The van der Waals surface area contributed by atoms with Crippen molar-refractivity contribution in [2.75, 3.05) is 25.0 Å². The number of aliphatic hydroxyl groups excluding tert-OH is 1.